The van der Waals surface area contributed by atoms with Crippen molar-refractivity contribution < 1.29 is 4.74 Å². The lowest BCUT2D eigenvalue weighted by Crippen LogP contribution is -2.03. The Morgan fingerprint density at radius 1 is 1.41 bits per heavy atom. The number of nitrogens with two attached hydrogens (primary N) is 1. The molecule has 2 aromatic rings. The molecule has 0 saturated carbocycles. The maximum absolute atomic E-state index is 6.32. The Kier molecular flexibility index (Phi) is 3.50. The molecule has 0 aliphatic rings. The largest absolute Gasteiger partial charge is 0.397 e. The van der Waals surface area contributed by atoms with Crippen molar-refractivity contribution in [3.63, 3.8) is 0 Å². The number of fused-ring (bicyclic) bond motifs is 1. The number of pyridine rings is 1. The molecular weight excluding hydrogens is 236 g/mol. The molecule has 0 spiro atoms. The highest BCUT2D eigenvalue weighted by molar-refractivity contribution is 6.36. The van der Waals surface area contributed by atoms with Crippen LogP contribution < -0.4 is 5.73 Å². The van der Waals surface area contributed by atoms with Gasteiger partial charge < -0.3 is 10.5 Å². The van der Waals surface area contributed by atoms with E-state index in [4.69, 9.17) is 22.1 Å². The zero-order valence-corrected chi connectivity index (χ0v) is 10.7. The Bertz CT molecular complexity index is 540. The monoisotopic (exact) mass is 250 g/mol. The van der Waals surface area contributed by atoms with Gasteiger partial charge in [-0.2, -0.15) is 0 Å². The van der Waals surface area contributed by atoms with E-state index < -0.39 is 0 Å². The number of anilines is 1. The summed E-state index contributed by atoms with van der Waals surface area (Å²) < 4.78 is 5.53. The van der Waals surface area contributed by atoms with Crippen LogP contribution in [-0.4, -0.2) is 11.1 Å². The van der Waals surface area contributed by atoms with Gasteiger partial charge in [-0.1, -0.05) is 23.7 Å². The van der Waals surface area contributed by atoms with Gasteiger partial charge in [0.25, 0.3) is 0 Å². The number of hydrogen-bond acceptors (Lipinski definition) is 3. The smallest absolute Gasteiger partial charge is 0.0946 e. The van der Waals surface area contributed by atoms with Gasteiger partial charge in [-0.25, -0.2) is 0 Å². The van der Waals surface area contributed by atoms with E-state index in [1.807, 2.05) is 32.0 Å². The van der Waals surface area contributed by atoms with Crippen LogP contribution in [0.15, 0.2) is 24.4 Å². The molecule has 3 nitrogen and oxygen atoms in total. The van der Waals surface area contributed by atoms with E-state index >= 15 is 0 Å². The van der Waals surface area contributed by atoms with Crippen LogP contribution in [0, 0.1) is 0 Å². The second-order valence-corrected chi connectivity index (χ2v) is 4.58. The molecule has 0 saturated heterocycles. The molecule has 2 rings (SSSR count). The first-order chi connectivity index (χ1) is 8.09. The molecule has 0 aliphatic heterocycles. The molecule has 2 N–H and O–H groups in total. The lowest BCUT2D eigenvalue weighted by Gasteiger charge is -2.11. The molecule has 0 radical (unpaired) electrons. The molecule has 0 bridgehead atoms. The third-order valence-electron chi connectivity index (χ3n) is 2.51. The van der Waals surface area contributed by atoms with Gasteiger partial charge in [-0.15, -0.1) is 0 Å². The van der Waals surface area contributed by atoms with Crippen LogP contribution in [-0.2, 0) is 11.3 Å². The maximum atomic E-state index is 6.32. The van der Waals surface area contributed by atoms with Crippen molar-refractivity contribution in [2.75, 3.05) is 5.73 Å². The number of ether oxygens (including phenoxy) is 1. The molecule has 0 aliphatic carbocycles. The molecule has 17 heavy (non-hydrogen) atoms. The summed E-state index contributed by atoms with van der Waals surface area (Å²) in [5.41, 5.74) is 8.11. The fraction of sp³-hybridized carbons (Fsp3) is 0.308. The Morgan fingerprint density at radius 2 is 2.18 bits per heavy atom. The Labute approximate surface area is 106 Å². The van der Waals surface area contributed by atoms with Gasteiger partial charge in [0.2, 0.25) is 0 Å². The SMILES string of the molecule is CC(C)OCc1cnc2c(N)cccc2c1Cl. The second-order valence-electron chi connectivity index (χ2n) is 4.20. The number of para-hydroxylation sites is 1. The maximum Gasteiger partial charge on any atom is 0.0946 e. The predicted octanol–water partition coefficient (Wildman–Crippen LogP) is 3.40. The van der Waals surface area contributed by atoms with E-state index in [0.29, 0.717) is 17.3 Å². The summed E-state index contributed by atoms with van der Waals surface area (Å²) in [6.07, 6.45) is 1.89. The molecule has 1 aromatic heterocycles. The van der Waals surface area contributed by atoms with E-state index in [9.17, 15) is 0 Å². The summed E-state index contributed by atoms with van der Waals surface area (Å²) in [6.45, 7) is 4.44. The Morgan fingerprint density at radius 3 is 2.88 bits per heavy atom. The summed E-state index contributed by atoms with van der Waals surface area (Å²) in [5.74, 6) is 0. The standard InChI is InChI=1S/C13H15ClN2O/c1-8(2)17-7-9-6-16-13-10(12(9)14)4-3-5-11(13)15/h3-6,8H,7,15H2,1-2H3. The minimum atomic E-state index is 0.169. The lowest BCUT2D eigenvalue weighted by atomic mass is 10.1. The molecule has 4 heteroatoms. The van der Waals surface area contributed by atoms with Crippen LogP contribution in [0.3, 0.4) is 0 Å². The Hall–Kier alpha value is -1.32. The van der Waals surface area contributed by atoms with Crippen molar-refractivity contribution in [1.29, 1.82) is 0 Å². The van der Waals surface area contributed by atoms with Crippen molar-refractivity contribution in [3.05, 3.63) is 35.0 Å². The number of benzene rings is 1. The predicted molar refractivity (Wildman–Crippen MR) is 71.1 cm³/mol. The average molecular weight is 251 g/mol. The summed E-state index contributed by atoms with van der Waals surface area (Å²) >= 11 is 6.32. The first kappa shape index (κ1) is 12.1. The number of rotatable bonds is 3. The zero-order valence-electron chi connectivity index (χ0n) is 9.90. The van der Waals surface area contributed by atoms with Crippen molar-refractivity contribution >= 4 is 28.2 Å². The van der Waals surface area contributed by atoms with Crippen molar-refractivity contribution in [2.24, 2.45) is 0 Å². The third kappa shape index (κ3) is 2.51. The highest BCUT2D eigenvalue weighted by atomic mass is 35.5. The molecule has 0 fully saturated rings. The van der Waals surface area contributed by atoms with Gasteiger partial charge in [-0.3, -0.25) is 4.98 Å². The van der Waals surface area contributed by atoms with Gasteiger partial charge in [0.15, 0.2) is 0 Å². The van der Waals surface area contributed by atoms with Crippen molar-refractivity contribution in [2.45, 2.75) is 26.6 Å². The van der Waals surface area contributed by atoms with E-state index in [1.165, 1.54) is 0 Å². The third-order valence-corrected chi connectivity index (χ3v) is 2.95. The molecule has 0 atom stereocenters. The number of nitrogen functional groups attached to an aromatic ring is 1. The first-order valence-corrected chi connectivity index (χ1v) is 5.90. The average Bonchev–Trinajstić information content (AvgIpc) is 2.29. The minimum Gasteiger partial charge on any atom is -0.397 e. The lowest BCUT2D eigenvalue weighted by molar-refractivity contribution is 0.0657. The zero-order chi connectivity index (χ0) is 12.4. The second kappa shape index (κ2) is 4.90. The fourth-order valence-electron chi connectivity index (χ4n) is 1.61. The highest BCUT2D eigenvalue weighted by Gasteiger charge is 2.09. The highest BCUT2D eigenvalue weighted by Crippen LogP contribution is 2.29. The van der Waals surface area contributed by atoms with Gasteiger partial charge in [0.05, 0.1) is 28.9 Å². The van der Waals surface area contributed by atoms with Crippen LogP contribution in [0.5, 0.6) is 0 Å². The summed E-state index contributed by atoms with van der Waals surface area (Å²) in [5, 5.41) is 1.54. The Balaban J connectivity index is 2.43. The van der Waals surface area contributed by atoms with Crippen molar-refractivity contribution in [3.8, 4) is 0 Å². The van der Waals surface area contributed by atoms with Crippen LogP contribution >= 0.6 is 11.6 Å². The van der Waals surface area contributed by atoms with Crippen LogP contribution in [0.4, 0.5) is 5.69 Å². The molecule has 0 amide bonds. The van der Waals surface area contributed by atoms with Crippen LogP contribution in [0.1, 0.15) is 19.4 Å². The minimum absolute atomic E-state index is 0.169. The van der Waals surface area contributed by atoms with Crippen LogP contribution in [0.2, 0.25) is 5.02 Å². The quantitative estimate of drug-likeness (QED) is 0.850. The molecule has 1 aromatic carbocycles. The van der Waals surface area contributed by atoms with E-state index in [0.717, 1.165) is 16.5 Å². The van der Waals surface area contributed by atoms with Gasteiger partial charge in [-0.05, 0) is 19.9 Å². The van der Waals surface area contributed by atoms with E-state index in [-0.39, 0.29) is 6.10 Å². The first-order valence-electron chi connectivity index (χ1n) is 5.52. The summed E-state index contributed by atoms with van der Waals surface area (Å²) in [6, 6.07) is 5.61. The number of hydrogen-bond donors (Lipinski definition) is 1. The molecule has 0 unspecified atom stereocenters. The molecule has 90 valence electrons. The normalized spacial score (nSPS) is 11.3. The fourth-order valence-corrected chi connectivity index (χ4v) is 1.87. The number of aromatic nitrogens is 1. The summed E-state index contributed by atoms with van der Waals surface area (Å²) in [4.78, 5) is 4.33. The van der Waals surface area contributed by atoms with Crippen LogP contribution in [0.25, 0.3) is 10.9 Å². The molecular formula is C13H15ClN2O. The van der Waals surface area contributed by atoms with E-state index in [2.05, 4.69) is 4.98 Å². The summed E-state index contributed by atoms with van der Waals surface area (Å²) in [7, 11) is 0. The molecule has 1 heterocycles. The number of nitrogens with zero attached hydrogens (tertiary/aromatic N) is 1. The van der Waals surface area contributed by atoms with E-state index in [1.54, 1.807) is 6.20 Å². The number of halogens is 1. The van der Waals surface area contributed by atoms with Gasteiger partial charge >= 0.3 is 0 Å². The van der Waals surface area contributed by atoms with Gasteiger partial charge in [0.1, 0.15) is 0 Å². The topological polar surface area (TPSA) is 48.1 Å². The van der Waals surface area contributed by atoms with Gasteiger partial charge in [0, 0.05) is 17.1 Å². The van der Waals surface area contributed by atoms with Crippen molar-refractivity contribution in [1.82, 2.24) is 4.98 Å².